The molecular formula is C9H12O2. The van der Waals surface area contributed by atoms with Gasteiger partial charge in [0.05, 0.1) is 0 Å². The van der Waals surface area contributed by atoms with Gasteiger partial charge < -0.3 is 4.74 Å². The first kappa shape index (κ1) is 8.05. The van der Waals surface area contributed by atoms with Gasteiger partial charge in [-0.25, -0.2) is 4.79 Å². The van der Waals surface area contributed by atoms with Gasteiger partial charge in [-0.2, -0.15) is 0 Å². The predicted octanol–water partition coefficient (Wildman–Crippen LogP) is 1.82. The normalized spacial score (nSPS) is 23.0. The molecule has 11 heavy (non-hydrogen) atoms. The van der Waals surface area contributed by atoms with Crippen molar-refractivity contribution < 1.29 is 9.53 Å². The second-order valence-corrected chi connectivity index (χ2v) is 2.45. The number of ether oxygens (including phenoxy) is 1. The van der Waals surface area contributed by atoms with Crippen molar-refractivity contribution in [1.82, 2.24) is 0 Å². The summed E-state index contributed by atoms with van der Waals surface area (Å²) in [6.45, 7) is 2.08. The number of carbonyl (C=O) groups excluding carboxylic acids is 1. The Hall–Kier alpha value is -1.05. The molecule has 0 aliphatic carbocycles. The number of hydrogen-bond donors (Lipinski definition) is 0. The molecule has 1 aliphatic rings. The Morgan fingerprint density at radius 1 is 1.64 bits per heavy atom. The zero-order chi connectivity index (χ0) is 8.10. The van der Waals surface area contributed by atoms with Gasteiger partial charge in [-0.15, -0.1) is 0 Å². The molecule has 1 rings (SSSR count). The van der Waals surface area contributed by atoms with Crippen molar-refractivity contribution in [1.29, 1.82) is 0 Å². The fourth-order valence-electron chi connectivity index (χ4n) is 0.937. The van der Waals surface area contributed by atoms with Crippen LogP contribution in [0.5, 0.6) is 0 Å². The molecule has 0 aromatic rings. The highest BCUT2D eigenvalue weighted by Gasteiger charge is 2.13. The molecule has 0 N–H and O–H groups in total. The van der Waals surface area contributed by atoms with Gasteiger partial charge in [-0.05, 0) is 12.5 Å². The fraction of sp³-hybridized carbons (Fsp3) is 0.444. The van der Waals surface area contributed by atoms with Crippen LogP contribution >= 0.6 is 0 Å². The van der Waals surface area contributed by atoms with Crippen LogP contribution in [-0.2, 0) is 9.53 Å². The van der Waals surface area contributed by atoms with Crippen LogP contribution in [0.15, 0.2) is 24.3 Å². The average molecular weight is 152 g/mol. The number of carbonyl (C=O) groups is 1. The van der Waals surface area contributed by atoms with Gasteiger partial charge in [0.15, 0.2) is 0 Å². The predicted molar refractivity (Wildman–Crippen MR) is 43.1 cm³/mol. The quantitative estimate of drug-likeness (QED) is 0.455. The Morgan fingerprint density at radius 3 is 3.00 bits per heavy atom. The molecule has 60 valence electrons. The smallest absolute Gasteiger partial charge is 0.331 e. The van der Waals surface area contributed by atoms with Gasteiger partial charge in [0.2, 0.25) is 0 Å². The third-order valence-electron chi connectivity index (χ3n) is 1.49. The fourth-order valence-corrected chi connectivity index (χ4v) is 0.937. The van der Waals surface area contributed by atoms with E-state index in [0.29, 0.717) is 0 Å². The zero-order valence-corrected chi connectivity index (χ0v) is 6.62. The average Bonchev–Trinajstić information content (AvgIpc) is 2.37. The van der Waals surface area contributed by atoms with E-state index in [0.717, 1.165) is 12.8 Å². The van der Waals surface area contributed by atoms with Crippen molar-refractivity contribution in [2.45, 2.75) is 25.9 Å². The van der Waals surface area contributed by atoms with Gasteiger partial charge in [-0.3, -0.25) is 0 Å². The van der Waals surface area contributed by atoms with Crippen molar-refractivity contribution in [2.75, 3.05) is 0 Å². The van der Waals surface area contributed by atoms with E-state index in [2.05, 4.69) is 13.0 Å². The Labute approximate surface area is 66.5 Å². The summed E-state index contributed by atoms with van der Waals surface area (Å²) in [6.07, 6.45) is 9.19. The molecule has 0 bridgehead atoms. The van der Waals surface area contributed by atoms with Crippen molar-refractivity contribution in [3.63, 3.8) is 0 Å². The van der Waals surface area contributed by atoms with Gasteiger partial charge in [-0.1, -0.05) is 19.1 Å². The van der Waals surface area contributed by atoms with Crippen LogP contribution in [0.1, 0.15) is 19.8 Å². The Kier molecular flexibility index (Phi) is 2.90. The minimum Gasteiger partial charge on any atom is -0.455 e. The molecular weight excluding hydrogens is 140 g/mol. The molecule has 1 aliphatic heterocycles. The molecule has 0 radical (unpaired) electrons. The molecule has 0 aromatic carbocycles. The monoisotopic (exact) mass is 152 g/mol. The van der Waals surface area contributed by atoms with Gasteiger partial charge in [0.1, 0.15) is 6.10 Å². The standard InChI is InChI=1S/C9H12O2/c1-2-3-4-5-8-6-7-9(10)11-8/h3-4,6-8H,2,5H2,1H3/b4-3-/t8-/m1/s1. The molecule has 0 amide bonds. The van der Waals surface area contributed by atoms with Crippen LogP contribution < -0.4 is 0 Å². The first-order valence-electron chi connectivity index (χ1n) is 3.86. The lowest BCUT2D eigenvalue weighted by molar-refractivity contribution is -0.138. The highest BCUT2D eigenvalue weighted by atomic mass is 16.5. The van der Waals surface area contributed by atoms with Crippen LogP contribution in [0, 0.1) is 0 Å². The van der Waals surface area contributed by atoms with Crippen LogP contribution in [-0.4, -0.2) is 12.1 Å². The molecule has 0 saturated heterocycles. The maximum absolute atomic E-state index is 10.6. The molecule has 2 heteroatoms. The van der Waals surface area contributed by atoms with E-state index in [9.17, 15) is 4.79 Å². The maximum atomic E-state index is 10.6. The SMILES string of the molecule is CC/C=C\C[C@@H]1C=CC(=O)O1. The number of hydrogen-bond acceptors (Lipinski definition) is 2. The summed E-state index contributed by atoms with van der Waals surface area (Å²) in [4.78, 5) is 10.6. The molecule has 2 nitrogen and oxygen atoms in total. The lowest BCUT2D eigenvalue weighted by Gasteiger charge is -2.02. The summed E-state index contributed by atoms with van der Waals surface area (Å²) < 4.78 is 4.91. The molecule has 0 spiro atoms. The van der Waals surface area contributed by atoms with Crippen LogP contribution in [0.25, 0.3) is 0 Å². The first-order chi connectivity index (χ1) is 5.33. The van der Waals surface area contributed by atoms with Gasteiger partial charge >= 0.3 is 5.97 Å². The summed E-state index contributed by atoms with van der Waals surface area (Å²) in [5.41, 5.74) is 0. The Morgan fingerprint density at radius 2 is 2.45 bits per heavy atom. The van der Waals surface area contributed by atoms with Gasteiger partial charge in [0.25, 0.3) is 0 Å². The topological polar surface area (TPSA) is 26.3 Å². The van der Waals surface area contributed by atoms with E-state index in [4.69, 9.17) is 4.74 Å². The zero-order valence-electron chi connectivity index (χ0n) is 6.62. The van der Waals surface area contributed by atoms with Crippen molar-refractivity contribution in [2.24, 2.45) is 0 Å². The number of rotatable bonds is 3. The molecule has 0 fully saturated rings. The van der Waals surface area contributed by atoms with Crippen LogP contribution in [0.2, 0.25) is 0 Å². The second-order valence-electron chi connectivity index (χ2n) is 2.45. The molecule has 0 saturated carbocycles. The number of allylic oxidation sites excluding steroid dienone is 1. The summed E-state index contributed by atoms with van der Waals surface area (Å²) in [7, 11) is 0. The Bertz CT molecular complexity index is 192. The van der Waals surface area contributed by atoms with Gasteiger partial charge in [0, 0.05) is 12.5 Å². The minimum atomic E-state index is -0.222. The molecule has 1 atom stereocenters. The van der Waals surface area contributed by atoms with E-state index < -0.39 is 0 Å². The number of cyclic esters (lactones) is 1. The third-order valence-corrected chi connectivity index (χ3v) is 1.49. The molecule has 1 heterocycles. The highest BCUT2D eigenvalue weighted by Crippen LogP contribution is 2.09. The second kappa shape index (κ2) is 3.96. The summed E-state index contributed by atoms with van der Waals surface area (Å²) >= 11 is 0. The summed E-state index contributed by atoms with van der Waals surface area (Å²) in [5, 5.41) is 0. The lowest BCUT2D eigenvalue weighted by atomic mass is 10.2. The summed E-state index contributed by atoms with van der Waals surface area (Å²) in [6, 6.07) is 0. The lowest BCUT2D eigenvalue weighted by Crippen LogP contribution is -2.05. The third kappa shape index (κ3) is 2.58. The van der Waals surface area contributed by atoms with Crippen molar-refractivity contribution >= 4 is 5.97 Å². The van der Waals surface area contributed by atoms with E-state index >= 15 is 0 Å². The largest absolute Gasteiger partial charge is 0.455 e. The molecule has 0 unspecified atom stereocenters. The van der Waals surface area contributed by atoms with Crippen molar-refractivity contribution in [3.05, 3.63) is 24.3 Å². The Balaban J connectivity index is 2.24. The van der Waals surface area contributed by atoms with Crippen molar-refractivity contribution in [3.8, 4) is 0 Å². The van der Waals surface area contributed by atoms with E-state index in [-0.39, 0.29) is 12.1 Å². The van der Waals surface area contributed by atoms with Crippen LogP contribution in [0.4, 0.5) is 0 Å². The molecule has 0 aromatic heterocycles. The van der Waals surface area contributed by atoms with E-state index in [1.54, 1.807) is 6.08 Å². The maximum Gasteiger partial charge on any atom is 0.331 e. The van der Waals surface area contributed by atoms with Crippen LogP contribution in [0.3, 0.4) is 0 Å². The highest BCUT2D eigenvalue weighted by molar-refractivity contribution is 5.84. The first-order valence-corrected chi connectivity index (χ1v) is 3.86. The number of esters is 1. The van der Waals surface area contributed by atoms with E-state index in [1.165, 1.54) is 6.08 Å². The summed E-state index contributed by atoms with van der Waals surface area (Å²) in [5.74, 6) is -0.222. The van der Waals surface area contributed by atoms with E-state index in [1.807, 2.05) is 6.08 Å². The minimum absolute atomic E-state index is 0.0229.